The van der Waals surface area contributed by atoms with E-state index in [0.717, 1.165) is 22.2 Å². The van der Waals surface area contributed by atoms with Crippen molar-refractivity contribution in [1.29, 1.82) is 0 Å². The molecule has 0 bridgehead atoms. The molecule has 9 heteroatoms. The molecule has 126 valence electrons. The van der Waals surface area contributed by atoms with Crippen molar-refractivity contribution in [3.8, 4) is 0 Å². The normalized spacial score (nSPS) is 24.3. The van der Waals surface area contributed by atoms with Crippen LogP contribution in [0.1, 0.15) is 24.8 Å². The second-order valence-corrected chi connectivity index (χ2v) is 8.05. The third-order valence-corrected chi connectivity index (χ3v) is 6.44. The Morgan fingerprint density at radius 3 is 2.57 bits per heavy atom. The van der Waals surface area contributed by atoms with Gasteiger partial charge in [-0.15, -0.1) is 3.71 Å². The number of hydrogen-bond acceptors (Lipinski definition) is 6. The van der Waals surface area contributed by atoms with Crippen LogP contribution in [0.4, 0.5) is 5.69 Å². The molecule has 1 aromatic rings. The van der Waals surface area contributed by atoms with Crippen LogP contribution in [0.25, 0.3) is 0 Å². The molecular formula is C14H19N3O3S3. The van der Waals surface area contributed by atoms with E-state index in [4.69, 9.17) is 5.73 Å². The van der Waals surface area contributed by atoms with Crippen LogP contribution >= 0.6 is 25.7 Å². The van der Waals surface area contributed by atoms with Gasteiger partial charge >= 0.3 is 0 Å². The maximum absolute atomic E-state index is 12.5. The summed E-state index contributed by atoms with van der Waals surface area (Å²) >= 11 is 5.72. The smallest absolute Gasteiger partial charge is 0.259 e. The summed E-state index contributed by atoms with van der Waals surface area (Å²) < 4.78 is 17.1. The molecule has 1 heterocycles. The molecule has 1 aliphatic heterocycles. The fraction of sp³-hybridized carbons (Fsp3) is 0.500. The summed E-state index contributed by atoms with van der Waals surface area (Å²) in [6, 6.07) is 7.39. The van der Waals surface area contributed by atoms with Gasteiger partial charge in [0.1, 0.15) is 6.04 Å². The quantitative estimate of drug-likeness (QED) is 0.520. The van der Waals surface area contributed by atoms with Crippen molar-refractivity contribution in [3.05, 3.63) is 29.8 Å². The maximum atomic E-state index is 12.5. The summed E-state index contributed by atoms with van der Waals surface area (Å²) in [5.41, 5.74) is 8.04. The van der Waals surface area contributed by atoms with Gasteiger partial charge in [0, 0.05) is 24.2 Å². The molecule has 1 saturated heterocycles. The van der Waals surface area contributed by atoms with Crippen molar-refractivity contribution >= 4 is 48.6 Å². The molecule has 2 fully saturated rings. The Balaban J connectivity index is 1.73. The van der Waals surface area contributed by atoms with Crippen molar-refractivity contribution in [2.24, 2.45) is 5.73 Å². The van der Waals surface area contributed by atoms with Crippen LogP contribution in [0.15, 0.2) is 24.3 Å². The number of thiol groups is 2. The zero-order chi connectivity index (χ0) is 16.6. The largest absolute Gasteiger partial charge is 0.330 e. The number of anilines is 1. The molecule has 1 aliphatic carbocycles. The average molecular weight is 374 g/mol. The van der Waals surface area contributed by atoms with Gasteiger partial charge in [0.15, 0.2) is 0 Å². The van der Waals surface area contributed by atoms with Gasteiger partial charge < -0.3 is 10.6 Å². The predicted octanol–water partition coefficient (Wildman–Crippen LogP) is 1.37. The van der Waals surface area contributed by atoms with Crippen molar-refractivity contribution < 1.29 is 12.6 Å². The van der Waals surface area contributed by atoms with E-state index in [0.29, 0.717) is 19.5 Å². The molecular weight excluding hydrogens is 354 g/mol. The molecule has 6 nitrogen and oxygen atoms in total. The van der Waals surface area contributed by atoms with E-state index < -0.39 is 17.3 Å². The minimum Gasteiger partial charge on any atom is -0.330 e. The summed E-state index contributed by atoms with van der Waals surface area (Å²) in [7, 11) is 0. The van der Waals surface area contributed by atoms with Crippen LogP contribution in [-0.2, 0) is 25.1 Å². The molecule has 1 amide bonds. The molecule has 0 radical (unpaired) electrons. The van der Waals surface area contributed by atoms with Crippen LogP contribution in [0, 0.1) is 0 Å². The lowest BCUT2D eigenvalue weighted by Gasteiger charge is -2.21. The van der Waals surface area contributed by atoms with Gasteiger partial charge in [0.05, 0.1) is 0 Å². The van der Waals surface area contributed by atoms with Crippen LogP contribution in [-0.4, -0.2) is 33.0 Å². The first-order valence-electron chi connectivity index (χ1n) is 7.36. The lowest BCUT2D eigenvalue weighted by Crippen LogP contribution is -2.38. The minimum atomic E-state index is -1.86. The molecule has 1 aromatic carbocycles. The van der Waals surface area contributed by atoms with Gasteiger partial charge in [-0.05, 0) is 49.9 Å². The summed E-state index contributed by atoms with van der Waals surface area (Å²) in [4.78, 5) is 14.2. The monoisotopic (exact) mass is 373 g/mol. The summed E-state index contributed by atoms with van der Waals surface area (Å²) in [5.74, 6) is -0.147. The van der Waals surface area contributed by atoms with Crippen molar-refractivity contribution in [2.75, 3.05) is 18.0 Å². The highest BCUT2D eigenvalue weighted by Crippen LogP contribution is 2.47. The molecule has 2 N–H and O–H groups in total. The van der Waals surface area contributed by atoms with E-state index in [2.05, 4.69) is 29.4 Å². The van der Waals surface area contributed by atoms with Gasteiger partial charge in [0.2, 0.25) is 5.91 Å². The highest BCUT2D eigenvalue weighted by molar-refractivity contribution is 7.97. The fourth-order valence-electron chi connectivity index (χ4n) is 3.02. The van der Waals surface area contributed by atoms with Crippen LogP contribution in [0.5, 0.6) is 0 Å². The SMILES string of the molecule is NCC1(c2ccc(N3CCC(N(S)S(=O)OS)C3=O)cc2)CC1. The lowest BCUT2D eigenvalue weighted by molar-refractivity contribution is -0.119. The third-order valence-electron chi connectivity index (χ3n) is 4.70. The standard InChI is InChI=1S/C14H19N3O3S3/c15-9-14(6-7-14)10-1-3-11(4-2-10)16-8-5-12(13(16)18)17(21)23(19)20-22/h1-4,12,21-22H,5-9,15H2. The number of carbonyl (C=O) groups is 1. The number of nitrogens with two attached hydrogens (primary N) is 1. The number of amides is 1. The minimum absolute atomic E-state index is 0.138. The van der Waals surface area contributed by atoms with Gasteiger partial charge in [-0.1, -0.05) is 24.9 Å². The van der Waals surface area contributed by atoms with Crippen LogP contribution < -0.4 is 10.6 Å². The molecule has 2 aliphatic rings. The maximum Gasteiger partial charge on any atom is 0.259 e. The van der Waals surface area contributed by atoms with Gasteiger partial charge in [0.25, 0.3) is 11.3 Å². The Hall–Kier alpha value is -0.580. The molecule has 1 saturated carbocycles. The Bertz CT molecular complexity index is 621. The molecule has 0 aromatic heterocycles. The molecule has 2 atom stereocenters. The predicted molar refractivity (Wildman–Crippen MR) is 96.2 cm³/mol. The number of benzene rings is 1. The fourth-order valence-corrected chi connectivity index (χ4v) is 4.18. The molecule has 23 heavy (non-hydrogen) atoms. The van der Waals surface area contributed by atoms with E-state index in [1.54, 1.807) is 4.90 Å². The zero-order valence-corrected chi connectivity index (χ0v) is 15.0. The van der Waals surface area contributed by atoms with Gasteiger partial charge in [-0.3, -0.25) is 4.79 Å². The van der Waals surface area contributed by atoms with E-state index in [1.165, 1.54) is 5.56 Å². The van der Waals surface area contributed by atoms with Crippen molar-refractivity contribution in [3.63, 3.8) is 0 Å². The van der Waals surface area contributed by atoms with E-state index in [1.807, 2.05) is 24.3 Å². The molecule has 0 spiro atoms. The first-order chi connectivity index (χ1) is 11.0. The van der Waals surface area contributed by atoms with Gasteiger partial charge in [-0.2, -0.15) is 0 Å². The third kappa shape index (κ3) is 3.18. The number of nitrogens with zero attached hydrogens (tertiary/aromatic N) is 2. The number of hydrogen-bond donors (Lipinski definition) is 3. The lowest BCUT2D eigenvalue weighted by atomic mass is 9.96. The van der Waals surface area contributed by atoms with Crippen LogP contribution in [0.2, 0.25) is 0 Å². The zero-order valence-electron chi connectivity index (χ0n) is 12.4. The summed E-state index contributed by atoms with van der Waals surface area (Å²) in [5, 5.41) is 0. The first-order valence-corrected chi connectivity index (χ1v) is 9.16. The van der Waals surface area contributed by atoms with E-state index in [9.17, 15) is 9.00 Å². The topological polar surface area (TPSA) is 75.9 Å². The van der Waals surface area contributed by atoms with Crippen molar-refractivity contribution in [1.82, 2.24) is 3.71 Å². The Morgan fingerprint density at radius 1 is 1.39 bits per heavy atom. The molecule has 2 unspecified atom stereocenters. The van der Waals surface area contributed by atoms with Gasteiger partial charge in [-0.25, -0.2) is 7.84 Å². The number of rotatable bonds is 6. The van der Waals surface area contributed by atoms with E-state index >= 15 is 0 Å². The second-order valence-electron chi connectivity index (χ2n) is 5.92. The Morgan fingerprint density at radius 2 is 2.04 bits per heavy atom. The van der Waals surface area contributed by atoms with Crippen LogP contribution in [0.3, 0.4) is 0 Å². The highest BCUT2D eigenvalue weighted by Gasteiger charge is 2.43. The number of carbonyl (C=O) groups excluding carboxylic acids is 1. The Kier molecular flexibility index (Phi) is 5.05. The highest BCUT2D eigenvalue weighted by atomic mass is 32.3. The summed E-state index contributed by atoms with van der Waals surface area (Å²) in [6.45, 7) is 1.20. The summed E-state index contributed by atoms with van der Waals surface area (Å²) in [6.07, 6.45) is 2.77. The Labute approximate surface area is 149 Å². The molecule has 3 rings (SSSR count). The average Bonchev–Trinajstić information content (AvgIpc) is 3.30. The second kappa shape index (κ2) is 6.73. The van der Waals surface area contributed by atoms with Crippen molar-refractivity contribution in [2.45, 2.75) is 30.7 Å². The first kappa shape index (κ1) is 17.2. The van der Waals surface area contributed by atoms with E-state index in [-0.39, 0.29) is 11.3 Å².